The van der Waals surface area contributed by atoms with Gasteiger partial charge in [-0.2, -0.15) is 0 Å². The van der Waals surface area contributed by atoms with Crippen LogP contribution in [0.2, 0.25) is 0 Å². The van der Waals surface area contributed by atoms with Gasteiger partial charge in [0.1, 0.15) is 0 Å². The normalized spacial score (nSPS) is 14.3. The van der Waals surface area contributed by atoms with E-state index in [2.05, 4.69) is 15.6 Å². The van der Waals surface area contributed by atoms with Crippen molar-refractivity contribution >= 4 is 17.7 Å². The zero-order valence-corrected chi connectivity index (χ0v) is 19.2. The van der Waals surface area contributed by atoms with E-state index >= 15 is 0 Å². The summed E-state index contributed by atoms with van der Waals surface area (Å²) >= 11 is 0. The van der Waals surface area contributed by atoms with Crippen LogP contribution in [0.25, 0.3) is 0 Å². The van der Waals surface area contributed by atoms with E-state index in [1.165, 1.54) is 0 Å². The third-order valence-electron chi connectivity index (χ3n) is 5.69. The average molecular weight is 450 g/mol. The quantitative estimate of drug-likeness (QED) is 0.603. The van der Waals surface area contributed by atoms with Crippen LogP contribution >= 0.6 is 0 Å². The topological polar surface area (TPSA) is 104 Å². The van der Waals surface area contributed by atoms with Crippen molar-refractivity contribution in [3.05, 3.63) is 71.3 Å². The molecule has 0 bridgehead atoms. The first-order chi connectivity index (χ1) is 16.0. The number of allylic oxidation sites excluding steroid dienone is 1. The highest BCUT2D eigenvalue weighted by Gasteiger charge is 2.28. The zero-order valence-electron chi connectivity index (χ0n) is 19.2. The molecule has 0 spiro atoms. The summed E-state index contributed by atoms with van der Waals surface area (Å²) in [5, 5.41) is 5.62. The lowest BCUT2D eigenvalue weighted by Crippen LogP contribution is -2.44. The molecule has 2 aromatic rings. The first-order valence-corrected chi connectivity index (χ1v) is 11.3. The van der Waals surface area contributed by atoms with Gasteiger partial charge in [0.25, 0.3) is 5.91 Å². The molecule has 33 heavy (non-hydrogen) atoms. The van der Waals surface area contributed by atoms with Gasteiger partial charge >= 0.3 is 0 Å². The molecule has 2 aromatic heterocycles. The summed E-state index contributed by atoms with van der Waals surface area (Å²) in [6.45, 7) is 5.30. The number of carbonyl (C=O) groups is 3. The number of nitrogens with one attached hydrogen (secondary N) is 2. The first-order valence-electron chi connectivity index (χ1n) is 11.3. The molecule has 0 aromatic carbocycles. The maximum Gasteiger partial charge on any atom is 0.253 e. The number of aromatic nitrogens is 2. The van der Waals surface area contributed by atoms with E-state index in [0.29, 0.717) is 25.2 Å². The number of amides is 3. The molecule has 174 valence electrons. The Bertz CT molecular complexity index is 998. The van der Waals surface area contributed by atoms with E-state index < -0.39 is 0 Å². The summed E-state index contributed by atoms with van der Waals surface area (Å²) in [6.07, 6.45) is 8.70. The number of hydrogen-bond donors (Lipinski definition) is 2. The van der Waals surface area contributed by atoms with Gasteiger partial charge in [0.05, 0.1) is 17.8 Å². The lowest BCUT2D eigenvalue weighted by molar-refractivity contribution is -0.133. The molecule has 3 amide bonds. The highest BCUT2D eigenvalue weighted by atomic mass is 16.2. The molecule has 0 saturated carbocycles. The second-order valence-electron chi connectivity index (χ2n) is 8.13. The highest BCUT2D eigenvalue weighted by Crippen LogP contribution is 2.29. The standard InChI is InChI=1S/C25H31N5O3/c1-3-4-7-22(31)27-17-23(32)30-13-10-20(11-14-30)24-21(9-8-18(2)29-24)25(33)28-16-19-6-5-12-26-15-19/h3-6,8-9,12,15,20H,7,10-11,13-14,16-17H2,1-2H3,(H,27,31)(H,28,33)/b4-3+. The number of carbonyl (C=O) groups excluding carboxylic acids is 3. The van der Waals surface area contributed by atoms with E-state index in [1.807, 2.05) is 38.1 Å². The van der Waals surface area contributed by atoms with Crippen molar-refractivity contribution in [2.75, 3.05) is 19.6 Å². The van der Waals surface area contributed by atoms with Crippen molar-refractivity contribution in [2.24, 2.45) is 0 Å². The van der Waals surface area contributed by atoms with Crippen LogP contribution in [0.3, 0.4) is 0 Å². The molecule has 0 unspecified atom stereocenters. The van der Waals surface area contributed by atoms with Crippen LogP contribution in [0.5, 0.6) is 0 Å². The van der Waals surface area contributed by atoms with Crippen LogP contribution in [0.1, 0.15) is 59.4 Å². The van der Waals surface area contributed by atoms with Crippen molar-refractivity contribution in [3.8, 4) is 0 Å². The van der Waals surface area contributed by atoms with Gasteiger partial charge in [-0.25, -0.2) is 0 Å². The van der Waals surface area contributed by atoms with Crippen molar-refractivity contribution in [2.45, 2.75) is 45.6 Å². The molecule has 0 radical (unpaired) electrons. The largest absolute Gasteiger partial charge is 0.348 e. The number of nitrogens with zero attached hydrogens (tertiary/aromatic N) is 3. The molecule has 3 rings (SSSR count). The first kappa shape index (κ1) is 24.1. The number of aryl methyl sites for hydroxylation is 1. The van der Waals surface area contributed by atoms with Crippen LogP contribution in [0, 0.1) is 6.92 Å². The summed E-state index contributed by atoms with van der Waals surface area (Å²) in [6, 6.07) is 7.42. The molecule has 2 N–H and O–H groups in total. The maximum absolute atomic E-state index is 12.9. The molecular weight excluding hydrogens is 418 g/mol. The molecule has 1 aliphatic heterocycles. The Labute approximate surface area is 194 Å². The predicted molar refractivity (Wildman–Crippen MR) is 125 cm³/mol. The predicted octanol–water partition coefficient (Wildman–Crippen LogP) is 2.50. The number of pyridine rings is 2. The summed E-state index contributed by atoms with van der Waals surface area (Å²) in [4.78, 5) is 47.6. The minimum absolute atomic E-state index is 0.00570. The molecule has 8 nitrogen and oxygen atoms in total. The van der Waals surface area contributed by atoms with Gasteiger partial charge in [-0.3, -0.25) is 24.4 Å². The zero-order chi connectivity index (χ0) is 23.6. The number of rotatable bonds is 8. The Morgan fingerprint density at radius 1 is 1.15 bits per heavy atom. The minimum atomic E-state index is -0.165. The molecule has 8 heteroatoms. The van der Waals surface area contributed by atoms with E-state index in [4.69, 9.17) is 4.98 Å². The summed E-state index contributed by atoms with van der Waals surface area (Å²) in [5.74, 6) is -0.322. The fraction of sp³-hybridized carbons (Fsp3) is 0.400. The summed E-state index contributed by atoms with van der Waals surface area (Å²) < 4.78 is 0. The molecule has 0 atom stereocenters. The van der Waals surface area contributed by atoms with Crippen LogP contribution in [0.4, 0.5) is 0 Å². The Hall–Kier alpha value is -3.55. The number of piperidine rings is 1. The number of likely N-dealkylation sites (tertiary alicyclic amines) is 1. The smallest absolute Gasteiger partial charge is 0.253 e. The second kappa shape index (κ2) is 11.9. The molecular formula is C25H31N5O3. The Morgan fingerprint density at radius 2 is 1.94 bits per heavy atom. The molecule has 1 fully saturated rings. The molecule has 1 saturated heterocycles. The van der Waals surface area contributed by atoms with Gasteiger partial charge in [-0.1, -0.05) is 18.2 Å². The van der Waals surface area contributed by atoms with Gasteiger partial charge in [0.2, 0.25) is 11.8 Å². The van der Waals surface area contributed by atoms with Crippen LogP contribution in [0.15, 0.2) is 48.8 Å². The monoisotopic (exact) mass is 449 g/mol. The second-order valence-corrected chi connectivity index (χ2v) is 8.13. The molecule has 0 aliphatic carbocycles. The van der Waals surface area contributed by atoms with Gasteiger partial charge < -0.3 is 15.5 Å². The third-order valence-corrected chi connectivity index (χ3v) is 5.69. The summed E-state index contributed by atoms with van der Waals surface area (Å²) in [7, 11) is 0. The lowest BCUT2D eigenvalue weighted by atomic mass is 9.89. The molecule has 1 aliphatic rings. The number of hydrogen-bond acceptors (Lipinski definition) is 5. The van der Waals surface area contributed by atoms with E-state index in [0.717, 1.165) is 29.8 Å². The Kier molecular flexibility index (Phi) is 8.69. The fourth-order valence-electron chi connectivity index (χ4n) is 3.85. The van der Waals surface area contributed by atoms with Crippen molar-refractivity contribution in [3.63, 3.8) is 0 Å². The van der Waals surface area contributed by atoms with Gasteiger partial charge in [0, 0.05) is 50.1 Å². The maximum atomic E-state index is 12.9. The molecule has 3 heterocycles. The van der Waals surface area contributed by atoms with Gasteiger partial charge in [0.15, 0.2) is 0 Å². The minimum Gasteiger partial charge on any atom is -0.348 e. The SMILES string of the molecule is C/C=C/CC(=O)NCC(=O)N1CCC(c2nc(C)ccc2C(=O)NCc2cccnc2)CC1. The van der Waals surface area contributed by atoms with E-state index in [9.17, 15) is 14.4 Å². The van der Waals surface area contributed by atoms with E-state index in [-0.39, 0.29) is 36.6 Å². The van der Waals surface area contributed by atoms with Crippen molar-refractivity contribution < 1.29 is 14.4 Å². The lowest BCUT2D eigenvalue weighted by Gasteiger charge is -2.32. The van der Waals surface area contributed by atoms with Gasteiger partial charge in [-0.15, -0.1) is 0 Å². The van der Waals surface area contributed by atoms with Crippen LogP contribution in [-0.2, 0) is 16.1 Å². The van der Waals surface area contributed by atoms with Crippen molar-refractivity contribution in [1.29, 1.82) is 0 Å². The Balaban J connectivity index is 1.58. The average Bonchev–Trinajstić information content (AvgIpc) is 2.85. The Morgan fingerprint density at radius 3 is 2.64 bits per heavy atom. The third kappa shape index (κ3) is 6.97. The van der Waals surface area contributed by atoms with Crippen molar-refractivity contribution in [1.82, 2.24) is 25.5 Å². The van der Waals surface area contributed by atoms with Crippen LogP contribution < -0.4 is 10.6 Å². The fourth-order valence-corrected chi connectivity index (χ4v) is 3.85. The highest BCUT2D eigenvalue weighted by molar-refractivity contribution is 5.95. The van der Waals surface area contributed by atoms with E-state index in [1.54, 1.807) is 29.4 Å². The van der Waals surface area contributed by atoms with Crippen LogP contribution in [-0.4, -0.2) is 52.2 Å². The van der Waals surface area contributed by atoms with Gasteiger partial charge in [-0.05, 0) is 50.5 Å². The summed E-state index contributed by atoms with van der Waals surface area (Å²) in [5.41, 5.74) is 3.14.